The van der Waals surface area contributed by atoms with Crippen LogP contribution in [-0.4, -0.2) is 14.8 Å². The summed E-state index contributed by atoms with van der Waals surface area (Å²) in [5, 5.41) is 12.6. The molecule has 2 rings (SSSR count). The zero-order valence-corrected chi connectivity index (χ0v) is 8.31. The summed E-state index contributed by atoms with van der Waals surface area (Å²) in [6.45, 7) is 0. The maximum Gasteiger partial charge on any atom is 0.433 e. The molecule has 0 spiro atoms. The van der Waals surface area contributed by atoms with Gasteiger partial charge in [0.05, 0.1) is 5.56 Å². The summed E-state index contributed by atoms with van der Waals surface area (Å²) in [5.41, 5.74) is -1.02. The highest BCUT2D eigenvalue weighted by molar-refractivity contribution is 5.44. The first-order valence-corrected chi connectivity index (χ1v) is 4.51. The number of hydrogen-bond donors (Lipinski definition) is 0. The van der Waals surface area contributed by atoms with Crippen LogP contribution in [0.1, 0.15) is 11.3 Å². The number of alkyl halides is 3. The normalized spacial score (nSPS) is 11.2. The third kappa shape index (κ3) is 2.10. The molecule has 0 aromatic carbocycles. The molecule has 0 saturated heterocycles. The van der Waals surface area contributed by atoms with Gasteiger partial charge in [-0.2, -0.15) is 23.5 Å². The van der Waals surface area contributed by atoms with E-state index in [4.69, 9.17) is 5.26 Å². The zero-order chi connectivity index (χ0) is 12.5. The van der Waals surface area contributed by atoms with Gasteiger partial charge in [-0.25, -0.2) is 9.67 Å². The average Bonchev–Trinajstić information content (AvgIpc) is 2.80. The highest BCUT2D eigenvalue weighted by atomic mass is 19.4. The highest BCUT2D eigenvalue weighted by Gasteiger charge is 2.33. The van der Waals surface area contributed by atoms with Crippen LogP contribution in [0, 0.1) is 11.3 Å². The van der Waals surface area contributed by atoms with E-state index < -0.39 is 11.9 Å². The molecular formula is C10H5F3N4. The van der Waals surface area contributed by atoms with Crippen molar-refractivity contribution in [2.75, 3.05) is 0 Å². The van der Waals surface area contributed by atoms with Gasteiger partial charge in [-0.15, -0.1) is 0 Å². The topological polar surface area (TPSA) is 54.5 Å². The van der Waals surface area contributed by atoms with Crippen molar-refractivity contribution >= 4 is 0 Å². The standard InChI is InChI=1S/C10H5F3N4/c11-10(12,13)8-3-2-7(6-14)9(16-8)17-5-1-4-15-17/h1-5H. The maximum absolute atomic E-state index is 12.5. The van der Waals surface area contributed by atoms with Gasteiger partial charge in [0.2, 0.25) is 0 Å². The second-order valence-electron chi connectivity index (χ2n) is 3.13. The van der Waals surface area contributed by atoms with Crippen molar-refractivity contribution in [3.8, 4) is 11.9 Å². The van der Waals surface area contributed by atoms with Crippen molar-refractivity contribution in [3.05, 3.63) is 41.9 Å². The van der Waals surface area contributed by atoms with Crippen LogP contribution in [0.3, 0.4) is 0 Å². The molecule has 0 radical (unpaired) electrons. The predicted octanol–water partition coefficient (Wildman–Crippen LogP) is 2.16. The number of nitriles is 1. The number of nitrogens with zero attached hydrogens (tertiary/aromatic N) is 4. The summed E-state index contributed by atoms with van der Waals surface area (Å²) < 4.78 is 38.5. The smallest absolute Gasteiger partial charge is 0.223 e. The molecule has 2 aromatic rings. The SMILES string of the molecule is N#Cc1ccc(C(F)(F)F)nc1-n1cccn1. The lowest BCUT2D eigenvalue weighted by Gasteiger charge is -2.08. The van der Waals surface area contributed by atoms with E-state index in [0.29, 0.717) is 0 Å². The Balaban J connectivity index is 2.61. The van der Waals surface area contributed by atoms with Crippen LogP contribution in [0.2, 0.25) is 0 Å². The van der Waals surface area contributed by atoms with Crippen molar-refractivity contribution in [2.45, 2.75) is 6.18 Å². The first-order chi connectivity index (χ1) is 8.02. The molecule has 0 N–H and O–H groups in total. The molecule has 0 aliphatic rings. The number of aromatic nitrogens is 3. The lowest BCUT2D eigenvalue weighted by atomic mass is 10.2. The van der Waals surface area contributed by atoms with Crippen molar-refractivity contribution in [2.24, 2.45) is 0 Å². The summed E-state index contributed by atoms with van der Waals surface area (Å²) in [6.07, 6.45) is -1.73. The Labute approximate surface area is 93.9 Å². The summed E-state index contributed by atoms with van der Waals surface area (Å²) in [4.78, 5) is 3.41. The fraction of sp³-hybridized carbons (Fsp3) is 0.100. The fourth-order valence-electron chi connectivity index (χ4n) is 1.26. The Hall–Kier alpha value is -2.36. The minimum Gasteiger partial charge on any atom is -0.223 e. The minimum atomic E-state index is -4.55. The fourth-order valence-corrected chi connectivity index (χ4v) is 1.26. The molecule has 0 fully saturated rings. The lowest BCUT2D eigenvalue weighted by Crippen LogP contribution is -2.11. The minimum absolute atomic E-state index is 0.0294. The van der Waals surface area contributed by atoms with E-state index in [0.717, 1.165) is 16.8 Å². The van der Waals surface area contributed by atoms with Crippen molar-refractivity contribution in [1.29, 1.82) is 5.26 Å². The summed E-state index contributed by atoms with van der Waals surface area (Å²) in [5.74, 6) is -0.132. The van der Waals surface area contributed by atoms with Crippen LogP contribution in [0.25, 0.3) is 5.82 Å². The zero-order valence-electron chi connectivity index (χ0n) is 8.31. The van der Waals surface area contributed by atoms with Gasteiger partial charge in [0, 0.05) is 12.4 Å². The van der Waals surface area contributed by atoms with E-state index in [-0.39, 0.29) is 11.4 Å². The predicted molar refractivity (Wildman–Crippen MR) is 51.1 cm³/mol. The molecule has 0 aliphatic carbocycles. The van der Waals surface area contributed by atoms with Crippen LogP contribution in [0.15, 0.2) is 30.6 Å². The first-order valence-electron chi connectivity index (χ1n) is 4.51. The quantitative estimate of drug-likeness (QED) is 0.764. The maximum atomic E-state index is 12.5. The molecule has 0 amide bonds. The van der Waals surface area contributed by atoms with Gasteiger partial charge in [0.1, 0.15) is 11.8 Å². The Bertz CT molecular complexity index is 566. The van der Waals surface area contributed by atoms with E-state index in [1.54, 1.807) is 6.07 Å². The van der Waals surface area contributed by atoms with E-state index in [1.165, 1.54) is 18.5 Å². The summed E-state index contributed by atoms with van der Waals surface area (Å²) >= 11 is 0. The molecule has 86 valence electrons. The van der Waals surface area contributed by atoms with Crippen molar-refractivity contribution in [1.82, 2.24) is 14.8 Å². The van der Waals surface area contributed by atoms with Crippen molar-refractivity contribution < 1.29 is 13.2 Å². The molecule has 2 heterocycles. The van der Waals surface area contributed by atoms with Gasteiger partial charge in [0.15, 0.2) is 5.82 Å². The van der Waals surface area contributed by atoms with Gasteiger partial charge < -0.3 is 0 Å². The molecular weight excluding hydrogens is 233 g/mol. The summed E-state index contributed by atoms with van der Waals surface area (Å²) in [6, 6.07) is 5.15. The van der Waals surface area contributed by atoms with Crippen LogP contribution in [0.5, 0.6) is 0 Å². The van der Waals surface area contributed by atoms with Gasteiger partial charge in [0.25, 0.3) is 0 Å². The Kier molecular flexibility index (Phi) is 2.55. The van der Waals surface area contributed by atoms with Crippen LogP contribution in [-0.2, 0) is 6.18 Å². The monoisotopic (exact) mass is 238 g/mol. The second kappa shape index (κ2) is 3.90. The first kappa shape index (κ1) is 11.1. The van der Waals surface area contributed by atoms with Crippen LogP contribution in [0.4, 0.5) is 13.2 Å². The van der Waals surface area contributed by atoms with E-state index in [1.807, 2.05) is 0 Å². The molecule has 0 unspecified atom stereocenters. The van der Waals surface area contributed by atoms with Gasteiger partial charge in [-0.1, -0.05) is 0 Å². The van der Waals surface area contributed by atoms with E-state index in [9.17, 15) is 13.2 Å². The molecule has 2 aromatic heterocycles. The van der Waals surface area contributed by atoms with Crippen LogP contribution < -0.4 is 0 Å². The molecule has 0 saturated carbocycles. The van der Waals surface area contributed by atoms with Crippen molar-refractivity contribution in [3.63, 3.8) is 0 Å². The third-order valence-corrected chi connectivity index (χ3v) is 2.01. The molecule has 0 atom stereocenters. The molecule has 17 heavy (non-hydrogen) atoms. The Morgan fingerprint density at radius 3 is 2.59 bits per heavy atom. The van der Waals surface area contributed by atoms with Gasteiger partial charge in [-0.3, -0.25) is 0 Å². The number of rotatable bonds is 1. The molecule has 4 nitrogen and oxygen atoms in total. The lowest BCUT2D eigenvalue weighted by molar-refractivity contribution is -0.141. The third-order valence-electron chi connectivity index (χ3n) is 2.01. The average molecular weight is 238 g/mol. The highest BCUT2D eigenvalue weighted by Crippen LogP contribution is 2.28. The second-order valence-corrected chi connectivity index (χ2v) is 3.13. The largest absolute Gasteiger partial charge is 0.433 e. The number of hydrogen-bond acceptors (Lipinski definition) is 3. The molecule has 7 heteroatoms. The van der Waals surface area contributed by atoms with E-state index in [2.05, 4.69) is 10.1 Å². The van der Waals surface area contributed by atoms with E-state index >= 15 is 0 Å². The number of pyridine rings is 1. The number of halogens is 3. The van der Waals surface area contributed by atoms with Gasteiger partial charge >= 0.3 is 6.18 Å². The van der Waals surface area contributed by atoms with Gasteiger partial charge in [-0.05, 0) is 18.2 Å². The summed E-state index contributed by atoms with van der Waals surface area (Å²) in [7, 11) is 0. The Morgan fingerprint density at radius 2 is 2.06 bits per heavy atom. The molecule has 0 aliphatic heterocycles. The molecule has 0 bridgehead atoms. The van der Waals surface area contributed by atoms with Crippen LogP contribution >= 0.6 is 0 Å². The Morgan fingerprint density at radius 1 is 1.29 bits per heavy atom.